The molecule has 0 saturated carbocycles. The number of nitrogens with one attached hydrogen (secondary N) is 2. The number of nitriles is 1. The van der Waals surface area contributed by atoms with Gasteiger partial charge in [-0.1, -0.05) is 19.1 Å². The van der Waals surface area contributed by atoms with E-state index in [2.05, 4.69) is 16.7 Å². The first-order valence-corrected chi connectivity index (χ1v) is 6.64. The van der Waals surface area contributed by atoms with Crippen molar-refractivity contribution in [1.29, 1.82) is 5.26 Å². The van der Waals surface area contributed by atoms with Crippen molar-refractivity contribution in [1.82, 2.24) is 10.6 Å². The zero-order chi connectivity index (χ0) is 14.1. The molecule has 4 heteroatoms. The molecule has 0 aliphatic carbocycles. The third-order valence-electron chi connectivity index (χ3n) is 2.96. The molecule has 1 aromatic carbocycles. The average molecular weight is 259 g/mol. The third-order valence-corrected chi connectivity index (χ3v) is 2.96. The predicted molar refractivity (Wildman–Crippen MR) is 75.4 cm³/mol. The van der Waals surface area contributed by atoms with Crippen LogP contribution in [-0.4, -0.2) is 18.5 Å². The number of carbonyl (C=O) groups excluding carboxylic acids is 1. The molecule has 2 N–H and O–H groups in total. The van der Waals surface area contributed by atoms with Gasteiger partial charge >= 0.3 is 0 Å². The largest absolute Gasteiger partial charge is 0.354 e. The van der Waals surface area contributed by atoms with E-state index in [1.165, 1.54) is 0 Å². The molecule has 1 aromatic rings. The summed E-state index contributed by atoms with van der Waals surface area (Å²) in [6.07, 6.45) is 1.44. The van der Waals surface area contributed by atoms with Gasteiger partial charge in [0, 0.05) is 25.6 Å². The van der Waals surface area contributed by atoms with Gasteiger partial charge in [0.1, 0.15) is 0 Å². The maximum atomic E-state index is 11.5. The van der Waals surface area contributed by atoms with Gasteiger partial charge in [0.15, 0.2) is 0 Å². The van der Waals surface area contributed by atoms with E-state index in [1.807, 2.05) is 26.0 Å². The van der Waals surface area contributed by atoms with Crippen LogP contribution in [0.3, 0.4) is 0 Å². The van der Waals surface area contributed by atoms with E-state index in [4.69, 9.17) is 5.26 Å². The second-order valence-electron chi connectivity index (χ2n) is 4.61. The Kier molecular flexibility index (Phi) is 6.62. The minimum Gasteiger partial charge on any atom is -0.354 e. The highest BCUT2D eigenvalue weighted by Crippen LogP contribution is 2.02. The Morgan fingerprint density at radius 2 is 2.05 bits per heavy atom. The Hall–Kier alpha value is -1.86. The fourth-order valence-corrected chi connectivity index (χ4v) is 1.58. The van der Waals surface area contributed by atoms with Crippen LogP contribution in [0.4, 0.5) is 0 Å². The lowest BCUT2D eigenvalue weighted by Gasteiger charge is -2.11. The number of carbonyl (C=O) groups is 1. The van der Waals surface area contributed by atoms with Crippen molar-refractivity contribution in [3.8, 4) is 6.07 Å². The molecule has 4 nitrogen and oxygen atoms in total. The monoisotopic (exact) mass is 259 g/mol. The highest BCUT2D eigenvalue weighted by molar-refractivity contribution is 5.76. The standard InChI is InChI=1S/C15H21N3O/c1-3-12(2)18-15(19)8-9-17-11-14-6-4-13(10-16)5-7-14/h4-7,12,17H,3,8-9,11H2,1-2H3,(H,18,19). The van der Waals surface area contributed by atoms with Gasteiger partial charge in [0.25, 0.3) is 0 Å². The zero-order valence-electron chi connectivity index (χ0n) is 11.6. The van der Waals surface area contributed by atoms with Gasteiger partial charge in [-0.2, -0.15) is 5.26 Å². The molecule has 1 amide bonds. The Labute approximate surface area is 114 Å². The molecular formula is C15H21N3O. The molecule has 1 rings (SSSR count). The van der Waals surface area contributed by atoms with E-state index in [9.17, 15) is 4.79 Å². The second kappa shape index (κ2) is 8.28. The van der Waals surface area contributed by atoms with Crippen molar-refractivity contribution in [3.05, 3.63) is 35.4 Å². The summed E-state index contributed by atoms with van der Waals surface area (Å²) in [5, 5.41) is 14.8. The van der Waals surface area contributed by atoms with E-state index >= 15 is 0 Å². The van der Waals surface area contributed by atoms with Crippen molar-refractivity contribution in [2.24, 2.45) is 0 Å². The van der Waals surface area contributed by atoms with Crippen LogP contribution in [-0.2, 0) is 11.3 Å². The number of nitrogens with zero attached hydrogens (tertiary/aromatic N) is 1. The molecule has 0 spiro atoms. The van der Waals surface area contributed by atoms with E-state index in [0.717, 1.165) is 12.0 Å². The van der Waals surface area contributed by atoms with Gasteiger partial charge in [-0.25, -0.2) is 0 Å². The van der Waals surface area contributed by atoms with Gasteiger partial charge in [0.05, 0.1) is 11.6 Å². The molecule has 0 aliphatic rings. The number of benzene rings is 1. The van der Waals surface area contributed by atoms with E-state index in [-0.39, 0.29) is 11.9 Å². The van der Waals surface area contributed by atoms with Crippen LogP contribution >= 0.6 is 0 Å². The van der Waals surface area contributed by atoms with Crippen LogP contribution in [0.2, 0.25) is 0 Å². The second-order valence-corrected chi connectivity index (χ2v) is 4.61. The normalized spacial score (nSPS) is 11.6. The molecular weight excluding hydrogens is 238 g/mol. The Bertz CT molecular complexity index is 434. The Morgan fingerprint density at radius 3 is 2.63 bits per heavy atom. The minimum atomic E-state index is 0.0849. The molecule has 0 heterocycles. The average Bonchev–Trinajstić information content (AvgIpc) is 2.44. The fourth-order valence-electron chi connectivity index (χ4n) is 1.58. The summed E-state index contributed by atoms with van der Waals surface area (Å²) in [6.45, 7) is 5.42. The van der Waals surface area contributed by atoms with Gasteiger partial charge in [-0.3, -0.25) is 4.79 Å². The first kappa shape index (κ1) is 15.2. The van der Waals surface area contributed by atoms with Crippen LogP contribution in [0.15, 0.2) is 24.3 Å². The maximum Gasteiger partial charge on any atom is 0.221 e. The van der Waals surface area contributed by atoms with Crippen LogP contribution < -0.4 is 10.6 Å². The SMILES string of the molecule is CCC(C)NC(=O)CCNCc1ccc(C#N)cc1. The number of rotatable bonds is 7. The van der Waals surface area contributed by atoms with E-state index in [1.54, 1.807) is 12.1 Å². The highest BCUT2D eigenvalue weighted by atomic mass is 16.1. The van der Waals surface area contributed by atoms with Crippen LogP contribution in [0.5, 0.6) is 0 Å². The van der Waals surface area contributed by atoms with Crippen LogP contribution in [0.1, 0.15) is 37.8 Å². The summed E-state index contributed by atoms with van der Waals surface area (Å²) in [5.41, 5.74) is 1.78. The lowest BCUT2D eigenvalue weighted by Crippen LogP contribution is -2.33. The molecule has 0 radical (unpaired) electrons. The Morgan fingerprint density at radius 1 is 1.37 bits per heavy atom. The number of amides is 1. The quantitative estimate of drug-likeness (QED) is 0.736. The van der Waals surface area contributed by atoms with Crippen molar-refractivity contribution < 1.29 is 4.79 Å². The summed E-state index contributed by atoms with van der Waals surface area (Å²) < 4.78 is 0. The van der Waals surface area contributed by atoms with Crippen molar-refractivity contribution in [2.45, 2.75) is 39.3 Å². The van der Waals surface area contributed by atoms with Crippen LogP contribution in [0, 0.1) is 11.3 Å². The molecule has 0 aliphatic heterocycles. The topological polar surface area (TPSA) is 64.9 Å². The maximum absolute atomic E-state index is 11.5. The summed E-state index contributed by atoms with van der Waals surface area (Å²) in [7, 11) is 0. The van der Waals surface area contributed by atoms with Crippen molar-refractivity contribution >= 4 is 5.91 Å². The minimum absolute atomic E-state index is 0.0849. The molecule has 0 fully saturated rings. The molecule has 19 heavy (non-hydrogen) atoms. The predicted octanol–water partition coefficient (Wildman–Crippen LogP) is 1.95. The number of hydrogen-bond acceptors (Lipinski definition) is 3. The van der Waals surface area contributed by atoms with E-state index < -0.39 is 0 Å². The fraction of sp³-hybridized carbons (Fsp3) is 0.467. The molecule has 102 valence electrons. The van der Waals surface area contributed by atoms with E-state index in [0.29, 0.717) is 25.1 Å². The molecule has 1 unspecified atom stereocenters. The lowest BCUT2D eigenvalue weighted by molar-refractivity contribution is -0.121. The zero-order valence-corrected chi connectivity index (χ0v) is 11.6. The first-order valence-electron chi connectivity index (χ1n) is 6.64. The molecule has 0 saturated heterocycles. The first-order chi connectivity index (χ1) is 9.15. The molecule has 1 atom stereocenters. The summed E-state index contributed by atoms with van der Waals surface area (Å²) >= 11 is 0. The van der Waals surface area contributed by atoms with Gasteiger partial charge < -0.3 is 10.6 Å². The van der Waals surface area contributed by atoms with Gasteiger partial charge in [-0.15, -0.1) is 0 Å². The van der Waals surface area contributed by atoms with Crippen LogP contribution in [0.25, 0.3) is 0 Å². The highest BCUT2D eigenvalue weighted by Gasteiger charge is 2.04. The van der Waals surface area contributed by atoms with Crippen molar-refractivity contribution in [2.75, 3.05) is 6.54 Å². The molecule has 0 bridgehead atoms. The van der Waals surface area contributed by atoms with Gasteiger partial charge in [0.2, 0.25) is 5.91 Å². The lowest BCUT2D eigenvalue weighted by atomic mass is 10.1. The summed E-state index contributed by atoms with van der Waals surface area (Å²) in [6, 6.07) is 9.77. The summed E-state index contributed by atoms with van der Waals surface area (Å²) in [5.74, 6) is 0.0849. The van der Waals surface area contributed by atoms with Crippen molar-refractivity contribution in [3.63, 3.8) is 0 Å². The number of hydrogen-bond donors (Lipinski definition) is 2. The summed E-state index contributed by atoms with van der Waals surface area (Å²) in [4.78, 5) is 11.5. The third kappa shape index (κ3) is 6.03. The smallest absolute Gasteiger partial charge is 0.221 e. The molecule has 0 aromatic heterocycles. The van der Waals surface area contributed by atoms with Gasteiger partial charge in [-0.05, 0) is 31.0 Å². The Balaban J connectivity index is 2.20.